The van der Waals surface area contributed by atoms with Crippen molar-refractivity contribution < 1.29 is 29.0 Å². The minimum absolute atomic E-state index is 0.0437. The second kappa shape index (κ2) is 9.77. The molecule has 1 aromatic heterocycles. The van der Waals surface area contributed by atoms with E-state index in [1.165, 1.54) is 31.4 Å². The molecule has 0 saturated carbocycles. The number of fused-ring (bicyclic) bond motifs is 2. The fourth-order valence-corrected chi connectivity index (χ4v) is 4.93. The molecule has 1 aliphatic heterocycles. The summed E-state index contributed by atoms with van der Waals surface area (Å²) in [6.45, 7) is 0. The van der Waals surface area contributed by atoms with Crippen molar-refractivity contribution in [3.8, 4) is 0 Å². The summed E-state index contributed by atoms with van der Waals surface area (Å²) in [6.07, 6.45) is 4.42. The van der Waals surface area contributed by atoms with Crippen molar-refractivity contribution in [2.45, 2.75) is 31.6 Å². The first-order valence-electron chi connectivity index (χ1n) is 11.9. The molecule has 0 bridgehead atoms. The Morgan fingerprint density at radius 3 is 2.59 bits per heavy atom. The van der Waals surface area contributed by atoms with Gasteiger partial charge >= 0.3 is 11.9 Å². The zero-order chi connectivity index (χ0) is 26.1. The lowest BCUT2D eigenvalue weighted by atomic mass is 9.85. The Hall–Kier alpha value is -4.66. The minimum Gasteiger partial charge on any atom is -0.481 e. The third-order valence-corrected chi connectivity index (χ3v) is 6.72. The van der Waals surface area contributed by atoms with E-state index in [9.17, 15) is 24.3 Å². The molecule has 2 heterocycles. The van der Waals surface area contributed by atoms with Crippen LogP contribution in [0, 0.1) is 0 Å². The van der Waals surface area contributed by atoms with E-state index in [-0.39, 0.29) is 24.2 Å². The highest BCUT2D eigenvalue weighted by Gasteiger charge is 2.27. The van der Waals surface area contributed by atoms with E-state index in [0.29, 0.717) is 33.6 Å². The number of carboxylic acids is 1. The van der Waals surface area contributed by atoms with Crippen molar-refractivity contribution in [1.29, 1.82) is 0 Å². The molecule has 3 aromatic rings. The Kier molecular flexibility index (Phi) is 6.35. The van der Waals surface area contributed by atoms with Gasteiger partial charge in [-0.1, -0.05) is 0 Å². The summed E-state index contributed by atoms with van der Waals surface area (Å²) in [7, 11) is 1.29. The summed E-state index contributed by atoms with van der Waals surface area (Å²) in [4.78, 5) is 51.7. The number of benzene rings is 2. The highest BCUT2D eigenvalue weighted by atomic mass is 16.5. The molecule has 37 heavy (non-hydrogen) atoms. The van der Waals surface area contributed by atoms with Crippen LogP contribution in [0.4, 0.5) is 11.4 Å². The van der Waals surface area contributed by atoms with Crippen LogP contribution in [0.3, 0.4) is 0 Å². The molecule has 0 fully saturated rings. The van der Waals surface area contributed by atoms with E-state index < -0.39 is 11.9 Å². The first-order chi connectivity index (χ1) is 17.8. The van der Waals surface area contributed by atoms with Crippen LogP contribution < -0.4 is 10.6 Å². The molecule has 0 saturated heterocycles. The molecular weight excluding hydrogens is 474 g/mol. The molecule has 1 unspecified atom stereocenters. The number of aromatic amines is 1. The van der Waals surface area contributed by atoms with Crippen molar-refractivity contribution in [2.24, 2.45) is 0 Å². The minimum atomic E-state index is -0.822. The molecule has 1 aliphatic carbocycles. The normalized spacial score (nSPS) is 17.1. The number of H-pyrrole nitrogens is 1. The maximum absolute atomic E-state index is 12.8. The number of carbonyl (C=O) groups excluding carboxylic acids is 3. The van der Waals surface area contributed by atoms with Crippen LogP contribution >= 0.6 is 0 Å². The van der Waals surface area contributed by atoms with E-state index in [4.69, 9.17) is 0 Å². The number of ether oxygens (including phenoxy) is 1. The van der Waals surface area contributed by atoms with Crippen LogP contribution in [0.5, 0.6) is 0 Å². The van der Waals surface area contributed by atoms with Crippen LogP contribution in [0.15, 0.2) is 48.5 Å². The zero-order valence-electron chi connectivity index (χ0n) is 20.1. The lowest BCUT2D eigenvalue weighted by Crippen LogP contribution is -2.12. The van der Waals surface area contributed by atoms with Gasteiger partial charge in [-0.2, -0.15) is 0 Å². The number of hydrogen-bond donors (Lipinski definition) is 4. The lowest BCUT2D eigenvalue weighted by Gasteiger charge is -2.20. The highest BCUT2D eigenvalue weighted by molar-refractivity contribution is 6.35. The van der Waals surface area contributed by atoms with Gasteiger partial charge in [-0.15, -0.1) is 0 Å². The number of amides is 2. The number of aryl methyl sites for hydroxylation is 1. The Balaban J connectivity index is 1.38. The topological polar surface area (TPSA) is 138 Å². The Labute approximate surface area is 212 Å². The number of aromatic nitrogens is 1. The summed E-state index contributed by atoms with van der Waals surface area (Å²) in [5, 5.41) is 14.9. The maximum Gasteiger partial charge on any atom is 0.337 e. The van der Waals surface area contributed by atoms with Gasteiger partial charge in [0.15, 0.2) is 0 Å². The summed E-state index contributed by atoms with van der Waals surface area (Å²) in [5.41, 5.74) is 5.70. The molecule has 9 heteroatoms. The van der Waals surface area contributed by atoms with Crippen LogP contribution in [0.1, 0.15) is 68.4 Å². The first kappa shape index (κ1) is 24.1. The number of anilines is 2. The van der Waals surface area contributed by atoms with Crippen molar-refractivity contribution in [3.05, 3.63) is 82.2 Å². The Bertz CT molecular complexity index is 1450. The van der Waals surface area contributed by atoms with Gasteiger partial charge in [0.1, 0.15) is 0 Å². The quantitative estimate of drug-likeness (QED) is 0.292. The predicted molar refractivity (Wildman–Crippen MR) is 137 cm³/mol. The van der Waals surface area contributed by atoms with Gasteiger partial charge in [0, 0.05) is 33.9 Å². The highest BCUT2D eigenvalue weighted by Crippen LogP contribution is 2.38. The number of rotatable bonds is 6. The van der Waals surface area contributed by atoms with Gasteiger partial charge in [-0.05, 0) is 85.4 Å². The summed E-state index contributed by atoms with van der Waals surface area (Å²) in [6, 6.07) is 13.2. The Morgan fingerprint density at radius 2 is 1.86 bits per heavy atom. The van der Waals surface area contributed by atoms with Crippen molar-refractivity contribution in [2.75, 3.05) is 17.7 Å². The number of hydrogen-bond acceptors (Lipinski definition) is 5. The van der Waals surface area contributed by atoms with Gasteiger partial charge < -0.3 is 25.5 Å². The van der Waals surface area contributed by atoms with Crippen molar-refractivity contribution >= 4 is 46.8 Å². The smallest absolute Gasteiger partial charge is 0.337 e. The van der Waals surface area contributed by atoms with Crippen LogP contribution in [0.25, 0.3) is 11.6 Å². The Morgan fingerprint density at radius 1 is 1.11 bits per heavy atom. The molecule has 0 radical (unpaired) electrons. The monoisotopic (exact) mass is 499 g/mol. The number of carboxylic acid groups (broad SMARTS) is 1. The molecule has 2 aromatic carbocycles. The third kappa shape index (κ3) is 4.88. The van der Waals surface area contributed by atoms with E-state index >= 15 is 0 Å². The first-order valence-corrected chi connectivity index (χ1v) is 11.9. The van der Waals surface area contributed by atoms with E-state index in [1.54, 1.807) is 24.3 Å². The van der Waals surface area contributed by atoms with Crippen molar-refractivity contribution in [3.63, 3.8) is 0 Å². The van der Waals surface area contributed by atoms with E-state index in [1.807, 2.05) is 6.07 Å². The van der Waals surface area contributed by atoms with Crippen LogP contribution in [-0.4, -0.2) is 41.0 Å². The summed E-state index contributed by atoms with van der Waals surface area (Å²) >= 11 is 0. The number of esters is 1. The molecule has 188 valence electrons. The largest absolute Gasteiger partial charge is 0.481 e. The van der Waals surface area contributed by atoms with E-state index in [2.05, 4.69) is 20.4 Å². The molecule has 2 aliphatic rings. The number of nitrogens with one attached hydrogen (secondary N) is 3. The van der Waals surface area contributed by atoms with Gasteiger partial charge in [0.05, 0.1) is 24.7 Å². The SMILES string of the molecule is COC(=O)c1ccc(C(=O)Nc2ccc3c(c2)C(=Cc2cc4c([nH]2)CCCC4CC(=O)O)C(=O)N3)cc1. The second-order valence-corrected chi connectivity index (χ2v) is 9.14. The fourth-order valence-electron chi connectivity index (χ4n) is 4.93. The van der Waals surface area contributed by atoms with Crippen molar-refractivity contribution in [1.82, 2.24) is 4.98 Å². The average Bonchev–Trinajstić information content (AvgIpc) is 3.44. The number of methoxy groups -OCH3 is 1. The molecule has 9 nitrogen and oxygen atoms in total. The summed E-state index contributed by atoms with van der Waals surface area (Å²) in [5.74, 6) is -1.97. The van der Waals surface area contributed by atoms with Gasteiger partial charge in [-0.3, -0.25) is 14.4 Å². The zero-order valence-corrected chi connectivity index (χ0v) is 20.1. The van der Waals surface area contributed by atoms with Crippen LogP contribution in [-0.2, 0) is 20.7 Å². The fraction of sp³-hybridized carbons (Fsp3) is 0.214. The summed E-state index contributed by atoms with van der Waals surface area (Å²) < 4.78 is 4.68. The molecule has 1 atom stereocenters. The molecule has 5 rings (SSSR count). The average molecular weight is 500 g/mol. The van der Waals surface area contributed by atoms with Gasteiger partial charge in [0.2, 0.25) is 0 Å². The number of aliphatic carboxylic acids is 1. The molecule has 4 N–H and O–H groups in total. The standard InChI is InChI=1S/C28H25N3O6/c1-37-28(36)16-7-5-15(6-8-16)26(34)30-18-9-10-24-21(12-18)22(27(35)31-24)14-19-13-20-17(11-25(32)33)3-2-4-23(20)29-19/h5-10,12-14,17,29H,2-4,11H2,1H3,(H,30,34)(H,31,35)(H,32,33). The van der Waals surface area contributed by atoms with Crippen LogP contribution in [0.2, 0.25) is 0 Å². The molecular formula is C28H25N3O6. The molecule has 2 amide bonds. The lowest BCUT2D eigenvalue weighted by molar-refractivity contribution is -0.137. The maximum atomic E-state index is 12.8. The van der Waals surface area contributed by atoms with Gasteiger partial charge in [0.25, 0.3) is 11.8 Å². The van der Waals surface area contributed by atoms with Gasteiger partial charge in [-0.25, -0.2) is 4.79 Å². The third-order valence-electron chi connectivity index (χ3n) is 6.72. The second-order valence-electron chi connectivity index (χ2n) is 9.14. The van der Waals surface area contributed by atoms with E-state index in [0.717, 1.165) is 36.2 Å². The number of carbonyl (C=O) groups is 4. The predicted octanol–water partition coefficient (Wildman–Crippen LogP) is 4.44. The molecule has 0 spiro atoms.